The molecule has 0 radical (unpaired) electrons. The topological polar surface area (TPSA) is 63.4 Å². The molecule has 1 aliphatic carbocycles. The van der Waals surface area contributed by atoms with E-state index in [1.165, 1.54) is 6.07 Å². The number of benzene rings is 1. The first kappa shape index (κ1) is 15.2. The molecular weight excluding hydrogens is 359 g/mol. The van der Waals surface area contributed by atoms with Gasteiger partial charge in [-0.05, 0) is 59.7 Å². The van der Waals surface area contributed by atoms with E-state index in [1.807, 2.05) is 0 Å². The van der Waals surface area contributed by atoms with Crippen LogP contribution in [0, 0.1) is 11.7 Å². The van der Waals surface area contributed by atoms with E-state index in [0.717, 1.165) is 38.2 Å². The molecule has 4 nitrogen and oxygen atoms in total. The summed E-state index contributed by atoms with van der Waals surface area (Å²) in [6, 6.07) is 2.42. The predicted octanol–water partition coefficient (Wildman–Crippen LogP) is 3.12. The van der Waals surface area contributed by atoms with Crippen LogP contribution in [-0.2, 0) is 10.0 Å². The van der Waals surface area contributed by atoms with Crippen molar-refractivity contribution in [1.29, 1.82) is 0 Å². The largest absolute Gasteiger partial charge is 0.396 e. The van der Waals surface area contributed by atoms with Gasteiger partial charge in [-0.3, -0.25) is 0 Å². The summed E-state index contributed by atoms with van der Waals surface area (Å²) in [5.74, 6) is -0.150. The lowest BCUT2D eigenvalue weighted by molar-refractivity contribution is 0.202. The first-order valence-electron chi connectivity index (χ1n) is 7.17. The van der Waals surface area contributed by atoms with Gasteiger partial charge in [-0.1, -0.05) is 6.42 Å². The summed E-state index contributed by atoms with van der Waals surface area (Å²) in [7, 11) is -3.65. The van der Waals surface area contributed by atoms with E-state index in [0.29, 0.717) is 12.5 Å². The van der Waals surface area contributed by atoms with Crippen molar-refractivity contribution in [2.45, 2.75) is 43.0 Å². The van der Waals surface area contributed by atoms with Crippen molar-refractivity contribution in [3.63, 3.8) is 0 Å². The molecule has 0 spiro atoms. The normalized spacial score (nSPS) is 26.8. The summed E-state index contributed by atoms with van der Waals surface area (Å²) < 4.78 is 41.1. The fourth-order valence-electron chi connectivity index (χ4n) is 3.58. The molecule has 21 heavy (non-hydrogen) atoms. The number of rotatable bonds is 2. The Kier molecular flexibility index (Phi) is 4.00. The molecule has 3 rings (SSSR count). The predicted molar refractivity (Wildman–Crippen MR) is 82.8 cm³/mol. The van der Waals surface area contributed by atoms with E-state index in [-0.39, 0.29) is 21.1 Å². The Balaban J connectivity index is 2.02. The van der Waals surface area contributed by atoms with Gasteiger partial charge in [0.1, 0.15) is 5.82 Å². The Morgan fingerprint density at radius 1 is 1.24 bits per heavy atom. The van der Waals surface area contributed by atoms with Crippen LogP contribution in [0.1, 0.15) is 32.1 Å². The van der Waals surface area contributed by atoms with Crippen molar-refractivity contribution in [2.75, 3.05) is 12.3 Å². The average molecular weight is 377 g/mol. The van der Waals surface area contributed by atoms with Crippen molar-refractivity contribution < 1.29 is 12.8 Å². The summed E-state index contributed by atoms with van der Waals surface area (Å²) in [6.07, 6.45) is 5.08. The molecule has 2 atom stereocenters. The highest BCUT2D eigenvalue weighted by Gasteiger charge is 2.41. The van der Waals surface area contributed by atoms with Gasteiger partial charge >= 0.3 is 0 Å². The van der Waals surface area contributed by atoms with Crippen LogP contribution >= 0.6 is 15.9 Å². The van der Waals surface area contributed by atoms with Crippen LogP contribution in [-0.4, -0.2) is 25.3 Å². The molecule has 1 saturated heterocycles. The van der Waals surface area contributed by atoms with Gasteiger partial charge in [-0.15, -0.1) is 0 Å². The second-order valence-corrected chi connectivity index (χ2v) is 8.53. The second-order valence-electron chi connectivity index (χ2n) is 5.82. The Hall–Kier alpha value is -0.660. The van der Waals surface area contributed by atoms with Gasteiger partial charge in [-0.25, -0.2) is 12.8 Å². The van der Waals surface area contributed by atoms with E-state index in [1.54, 1.807) is 4.31 Å². The molecule has 0 amide bonds. The van der Waals surface area contributed by atoms with Gasteiger partial charge in [0.15, 0.2) is 0 Å². The summed E-state index contributed by atoms with van der Waals surface area (Å²) >= 11 is 3.15. The molecule has 1 aliphatic heterocycles. The number of anilines is 1. The van der Waals surface area contributed by atoms with E-state index in [9.17, 15) is 12.8 Å². The molecule has 116 valence electrons. The van der Waals surface area contributed by atoms with Gasteiger partial charge in [-0.2, -0.15) is 4.31 Å². The molecule has 1 heterocycles. The maximum Gasteiger partial charge on any atom is 0.244 e. The highest BCUT2D eigenvalue weighted by atomic mass is 79.9. The van der Waals surface area contributed by atoms with Gasteiger partial charge in [0, 0.05) is 17.1 Å². The number of piperidine rings is 1. The average Bonchev–Trinajstić information content (AvgIpc) is 2.90. The molecule has 2 N–H and O–H groups in total. The maximum absolute atomic E-state index is 13.4. The number of sulfonamides is 1. The number of hydrogen-bond acceptors (Lipinski definition) is 3. The van der Waals surface area contributed by atoms with Crippen molar-refractivity contribution in [2.24, 2.45) is 5.92 Å². The van der Waals surface area contributed by atoms with Crippen molar-refractivity contribution in [3.05, 3.63) is 22.4 Å². The molecule has 1 aromatic rings. The third kappa shape index (κ3) is 2.59. The molecule has 2 aliphatic rings. The highest BCUT2D eigenvalue weighted by molar-refractivity contribution is 9.10. The number of nitrogen functional groups attached to an aromatic ring is 1. The van der Waals surface area contributed by atoms with Gasteiger partial charge in [0.05, 0.1) is 10.6 Å². The van der Waals surface area contributed by atoms with E-state index < -0.39 is 15.8 Å². The molecular formula is C14H18BrFN2O2S. The molecule has 2 fully saturated rings. The van der Waals surface area contributed by atoms with Crippen molar-refractivity contribution >= 4 is 31.6 Å². The van der Waals surface area contributed by atoms with Crippen LogP contribution in [0.2, 0.25) is 0 Å². The zero-order valence-electron chi connectivity index (χ0n) is 11.6. The molecule has 2 unspecified atom stereocenters. The van der Waals surface area contributed by atoms with E-state index in [4.69, 9.17) is 5.73 Å². The number of nitrogens with two attached hydrogens (primary N) is 1. The third-order valence-electron chi connectivity index (χ3n) is 4.58. The number of nitrogens with zero attached hydrogens (tertiary/aromatic N) is 1. The molecule has 7 heteroatoms. The molecule has 0 bridgehead atoms. The fraction of sp³-hybridized carbons (Fsp3) is 0.571. The minimum absolute atomic E-state index is 0.0638. The maximum atomic E-state index is 13.4. The summed E-state index contributed by atoms with van der Waals surface area (Å²) in [4.78, 5) is 0.0638. The van der Waals surface area contributed by atoms with Gasteiger partial charge in [0.25, 0.3) is 0 Å². The van der Waals surface area contributed by atoms with Gasteiger partial charge in [0.2, 0.25) is 10.0 Å². The Labute approximate surface area is 132 Å². The van der Waals surface area contributed by atoms with Crippen LogP contribution in [0.25, 0.3) is 0 Å². The third-order valence-corrected chi connectivity index (χ3v) is 7.46. The van der Waals surface area contributed by atoms with E-state index in [2.05, 4.69) is 15.9 Å². The zero-order chi connectivity index (χ0) is 15.2. The minimum Gasteiger partial charge on any atom is -0.396 e. The Bertz CT molecular complexity index is 665. The standard InChI is InChI=1S/C14H18BrFN2O2S/c15-10-7-11(16)12(17)8-14(10)21(19,20)18-6-2-4-9-3-1-5-13(9)18/h7-9,13H,1-6,17H2. The molecule has 1 aromatic carbocycles. The first-order chi connectivity index (χ1) is 9.91. The van der Waals surface area contributed by atoms with Crippen molar-refractivity contribution in [1.82, 2.24) is 4.31 Å². The second kappa shape index (κ2) is 5.52. The highest BCUT2D eigenvalue weighted by Crippen LogP contribution is 2.40. The van der Waals surface area contributed by atoms with Gasteiger partial charge < -0.3 is 5.73 Å². The summed E-state index contributed by atoms with van der Waals surface area (Å²) in [5, 5.41) is 0. The quantitative estimate of drug-likeness (QED) is 0.806. The van der Waals surface area contributed by atoms with Crippen LogP contribution in [0.5, 0.6) is 0 Å². The molecule has 1 saturated carbocycles. The SMILES string of the molecule is Nc1cc(S(=O)(=O)N2CCCC3CCCC32)c(Br)cc1F. The van der Waals surface area contributed by atoms with Crippen molar-refractivity contribution in [3.8, 4) is 0 Å². The fourth-order valence-corrected chi connectivity index (χ4v) is 6.34. The lowest BCUT2D eigenvalue weighted by Crippen LogP contribution is -2.46. The number of hydrogen-bond donors (Lipinski definition) is 1. The lowest BCUT2D eigenvalue weighted by Gasteiger charge is -2.36. The lowest BCUT2D eigenvalue weighted by atomic mass is 9.94. The Morgan fingerprint density at radius 2 is 1.95 bits per heavy atom. The van der Waals surface area contributed by atoms with Crippen LogP contribution in [0.4, 0.5) is 10.1 Å². The molecule has 0 aromatic heterocycles. The minimum atomic E-state index is -3.65. The summed E-state index contributed by atoms with van der Waals surface area (Å²) in [6.45, 7) is 0.535. The van der Waals surface area contributed by atoms with E-state index >= 15 is 0 Å². The van der Waals surface area contributed by atoms with Crippen LogP contribution in [0.15, 0.2) is 21.5 Å². The summed E-state index contributed by atoms with van der Waals surface area (Å²) in [5.41, 5.74) is 5.40. The monoisotopic (exact) mass is 376 g/mol. The first-order valence-corrected chi connectivity index (χ1v) is 9.41. The Morgan fingerprint density at radius 3 is 2.71 bits per heavy atom. The zero-order valence-corrected chi connectivity index (χ0v) is 14.0. The van der Waals surface area contributed by atoms with Crippen LogP contribution in [0.3, 0.4) is 0 Å². The smallest absolute Gasteiger partial charge is 0.244 e. The number of halogens is 2. The van der Waals surface area contributed by atoms with Crippen LogP contribution < -0.4 is 5.73 Å². The number of fused-ring (bicyclic) bond motifs is 1.